The molecular formula is C21H19F2N7O2. The summed E-state index contributed by atoms with van der Waals surface area (Å²) < 4.78 is 28.9. The Morgan fingerprint density at radius 3 is 2.66 bits per heavy atom. The molecule has 9 nitrogen and oxygen atoms in total. The summed E-state index contributed by atoms with van der Waals surface area (Å²) in [7, 11) is 0. The van der Waals surface area contributed by atoms with Crippen molar-refractivity contribution in [3.8, 4) is 5.88 Å². The van der Waals surface area contributed by atoms with Crippen LogP contribution in [0.25, 0.3) is 11.7 Å². The highest BCUT2D eigenvalue weighted by atomic mass is 19.1. The molecule has 1 saturated carbocycles. The third-order valence-electron chi connectivity index (χ3n) is 5.13. The highest BCUT2D eigenvalue weighted by Crippen LogP contribution is 2.23. The van der Waals surface area contributed by atoms with Gasteiger partial charge in [0.2, 0.25) is 5.88 Å². The van der Waals surface area contributed by atoms with E-state index in [4.69, 9.17) is 0 Å². The zero-order valence-corrected chi connectivity index (χ0v) is 16.9. The maximum atomic E-state index is 13.6. The number of benzene rings is 1. The van der Waals surface area contributed by atoms with E-state index in [2.05, 4.69) is 30.4 Å². The molecule has 0 amide bonds. The molecule has 3 aromatic heterocycles. The van der Waals surface area contributed by atoms with E-state index in [9.17, 15) is 18.7 Å². The van der Waals surface area contributed by atoms with E-state index in [0.717, 1.165) is 18.9 Å². The molecule has 4 aromatic rings. The minimum absolute atomic E-state index is 0.189. The number of anilines is 1. The van der Waals surface area contributed by atoms with Crippen molar-refractivity contribution in [2.45, 2.75) is 31.8 Å². The maximum absolute atomic E-state index is 13.6. The van der Waals surface area contributed by atoms with E-state index in [1.165, 1.54) is 12.1 Å². The molecule has 1 fully saturated rings. The number of aromatic nitrogens is 5. The number of rotatable bonds is 5. The van der Waals surface area contributed by atoms with Crippen LogP contribution in [-0.4, -0.2) is 35.7 Å². The predicted octanol–water partition coefficient (Wildman–Crippen LogP) is 1.51. The highest BCUT2D eigenvalue weighted by Gasteiger charge is 2.20. The first-order valence-corrected chi connectivity index (χ1v) is 10.0. The van der Waals surface area contributed by atoms with Crippen molar-refractivity contribution in [1.82, 2.24) is 24.6 Å². The molecule has 5 rings (SSSR count). The fourth-order valence-electron chi connectivity index (χ4n) is 3.40. The second kappa shape index (κ2) is 7.59. The topological polar surface area (TPSA) is 123 Å². The van der Waals surface area contributed by atoms with Crippen LogP contribution >= 0.6 is 0 Å². The van der Waals surface area contributed by atoms with Gasteiger partial charge in [0.1, 0.15) is 23.1 Å². The fraction of sp³-hybridized carbons (Fsp3) is 0.238. The van der Waals surface area contributed by atoms with Crippen LogP contribution in [0.4, 0.5) is 14.6 Å². The van der Waals surface area contributed by atoms with Crippen molar-refractivity contribution in [3.05, 3.63) is 74.5 Å². The molecule has 32 heavy (non-hydrogen) atoms. The van der Waals surface area contributed by atoms with Gasteiger partial charge in [-0.3, -0.25) is 9.98 Å². The molecule has 0 spiro atoms. The standard InChI is InChI=1S/C21H19F2N7O2/c1-10(11-4-13(22)7-14(23)5-11)25-17-8-18(26-15-2-3-15)30-19(28-17)12(9-24-30)6-16-20(31)29-21(32)27-16/h4-10,15,25,31H,2-3H2,1H3,(H2,27,29,32)/b12-6-,26-18?. The number of hydrogen-bond donors (Lipinski definition) is 4. The third-order valence-corrected chi connectivity index (χ3v) is 5.13. The molecule has 1 unspecified atom stereocenters. The number of hydrogen-bond acceptors (Lipinski definition) is 6. The van der Waals surface area contributed by atoms with Crippen LogP contribution in [0, 0.1) is 11.6 Å². The SMILES string of the molecule is CC(Nc1cc(=NC2CC2)n2nc/c(=C/c3[nH]c(=O)[nH]c3O)c2n1)c1cc(F)cc(F)c1. The van der Waals surface area contributed by atoms with Gasteiger partial charge in [-0.05, 0) is 43.5 Å². The quantitative estimate of drug-likeness (QED) is 0.375. The Bertz CT molecular complexity index is 1480. The summed E-state index contributed by atoms with van der Waals surface area (Å²) in [5, 5.41) is 17.9. The Morgan fingerprint density at radius 1 is 1.25 bits per heavy atom. The molecule has 1 atom stereocenters. The smallest absolute Gasteiger partial charge is 0.326 e. The molecule has 0 aliphatic heterocycles. The minimum Gasteiger partial charge on any atom is -0.493 e. The van der Waals surface area contributed by atoms with Gasteiger partial charge in [0.05, 0.1) is 18.3 Å². The average molecular weight is 439 g/mol. The van der Waals surface area contributed by atoms with E-state index >= 15 is 0 Å². The molecule has 0 bridgehead atoms. The first-order valence-electron chi connectivity index (χ1n) is 10.0. The first kappa shape index (κ1) is 19.9. The molecular weight excluding hydrogens is 420 g/mol. The highest BCUT2D eigenvalue weighted by molar-refractivity contribution is 5.58. The molecule has 11 heteroatoms. The third kappa shape index (κ3) is 3.96. The van der Waals surface area contributed by atoms with Gasteiger partial charge in [0, 0.05) is 17.4 Å². The number of imidazole rings is 1. The number of halogens is 2. The second-order valence-electron chi connectivity index (χ2n) is 7.75. The molecule has 1 aliphatic carbocycles. The van der Waals surface area contributed by atoms with Crippen LogP contribution in [0.5, 0.6) is 5.88 Å². The molecule has 0 saturated heterocycles. The predicted molar refractivity (Wildman–Crippen MR) is 112 cm³/mol. The van der Waals surface area contributed by atoms with Gasteiger partial charge in [-0.15, -0.1) is 0 Å². The van der Waals surface area contributed by atoms with Crippen molar-refractivity contribution in [3.63, 3.8) is 0 Å². The summed E-state index contributed by atoms with van der Waals surface area (Å²) in [5.41, 5.74) is 1.09. The van der Waals surface area contributed by atoms with Crippen LogP contribution < -0.4 is 21.7 Å². The molecule has 1 aromatic carbocycles. The largest absolute Gasteiger partial charge is 0.493 e. The van der Waals surface area contributed by atoms with Crippen LogP contribution in [-0.2, 0) is 0 Å². The molecule has 164 valence electrons. The van der Waals surface area contributed by atoms with Gasteiger partial charge in [-0.2, -0.15) is 9.61 Å². The van der Waals surface area contributed by atoms with Crippen LogP contribution in [0.3, 0.4) is 0 Å². The van der Waals surface area contributed by atoms with Gasteiger partial charge in [-0.1, -0.05) is 0 Å². The summed E-state index contributed by atoms with van der Waals surface area (Å²) in [5.74, 6) is -1.17. The van der Waals surface area contributed by atoms with Gasteiger partial charge in [-0.25, -0.2) is 18.6 Å². The van der Waals surface area contributed by atoms with Crippen LogP contribution in [0.2, 0.25) is 0 Å². The van der Waals surface area contributed by atoms with Gasteiger partial charge < -0.3 is 15.4 Å². The van der Waals surface area contributed by atoms with E-state index < -0.39 is 23.4 Å². The number of fused-ring (bicyclic) bond motifs is 1. The number of nitrogens with one attached hydrogen (secondary N) is 3. The number of H-pyrrole nitrogens is 2. The second-order valence-corrected chi connectivity index (χ2v) is 7.75. The Labute approximate surface area is 179 Å². The lowest BCUT2D eigenvalue weighted by atomic mass is 10.1. The lowest BCUT2D eigenvalue weighted by Gasteiger charge is -2.15. The maximum Gasteiger partial charge on any atom is 0.326 e. The van der Waals surface area contributed by atoms with Crippen LogP contribution in [0.1, 0.15) is 37.1 Å². The molecule has 4 N–H and O–H groups in total. The number of aromatic hydroxyl groups is 1. The Kier molecular flexibility index (Phi) is 4.72. The van der Waals surface area contributed by atoms with E-state index in [1.807, 2.05) is 0 Å². The normalized spacial score (nSPS) is 16.1. The zero-order valence-electron chi connectivity index (χ0n) is 16.9. The van der Waals surface area contributed by atoms with Crippen molar-refractivity contribution in [2.24, 2.45) is 4.99 Å². The summed E-state index contributed by atoms with van der Waals surface area (Å²) in [6.45, 7) is 1.77. The minimum atomic E-state index is -0.658. The zero-order chi connectivity index (χ0) is 22.4. The summed E-state index contributed by atoms with van der Waals surface area (Å²) in [6, 6.07) is 4.84. The van der Waals surface area contributed by atoms with E-state index in [0.29, 0.717) is 27.7 Å². The molecule has 1 aliphatic rings. The average Bonchev–Trinajstić information content (AvgIpc) is 3.36. The van der Waals surface area contributed by atoms with E-state index in [-0.39, 0.29) is 17.6 Å². The van der Waals surface area contributed by atoms with Gasteiger partial charge in [0.25, 0.3) is 0 Å². The lowest BCUT2D eigenvalue weighted by molar-refractivity contribution is 0.454. The first-order chi connectivity index (χ1) is 15.4. The summed E-state index contributed by atoms with van der Waals surface area (Å²) in [4.78, 5) is 25.5. The van der Waals surface area contributed by atoms with Crippen LogP contribution in [0.15, 0.2) is 40.2 Å². The monoisotopic (exact) mass is 439 g/mol. The van der Waals surface area contributed by atoms with Crippen molar-refractivity contribution in [2.75, 3.05) is 5.32 Å². The summed E-state index contributed by atoms with van der Waals surface area (Å²) >= 11 is 0. The Hall–Kier alpha value is -4.02. The fourth-order valence-corrected chi connectivity index (χ4v) is 3.40. The molecule has 3 heterocycles. The van der Waals surface area contributed by atoms with Crippen molar-refractivity contribution in [1.29, 1.82) is 0 Å². The Morgan fingerprint density at radius 2 is 2.00 bits per heavy atom. The molecule has 0 radical (unpaired) electrons. The lowest BCUT2D eigenvalue weighted by Crippen LogP contribution is -2.21. The summed E-state index contributed by atoms with van der Waals surface area (Å²) in [6.07, 6.45) is 5.07. The van der Waals surface area contributed by atoms with Crippen molar-refractivity contribution < 1.29 is 13.9 Å². The number of aromatic amines is 2. The van der Waals surface area contributed by atoms with E-state index in [1.54, 1.807) is 29.8 Å². The number of nitrogens with zero attached hydrogens (tertiary/aromatic N) is 4. The van der Waals surface area contributed by atoms with Crippen molar-refractivity contribution >= 4 is 17.5 Å². The van der Waals surface area contributed by atoms with Gasteiger partial charge >= 0.3 is 5.69 Å². The van der Waals surface area contributed by atoms with Gasteiger partial charge in [0.15, 0.2) is 11.1 Å². The Balaban J connectivity index is 1.61.